The van der Waals surface area contributed by atoms with Crippen LogP contribution in [-0.2, 0) is 14.3 Å². The number of carbonyl (C=O) groups is 2. The Bertz CT molecular complexity index is 945. The van der Waals surface area contributed by atoms with Gasteiger partial charge in [0.05, 0.1) is 37.3 Å². The van der Waals surface area contributed by atoms with E-state index in [1.54, 1.807) is 20.3 Å². The number of rotatable bonds is 4. The van der Waals surface area contributed by atoms with Gasteiger partial charge in [-0.1, -0.05) is 13.8 Å². The number of ether oxygens (including phenoxy) is 3. The van der Waals surface area contributed by atoms with Crippen LogP contribution in [0.3, 0.4) is 0 Å². The molecule has 0 radical (unpaired) electrons. The molecule has 0 bridgehead atoms. The summed E-state index contributed by atoms with van der Waals surface area (Å²) in [6, 6.07) is 3.60. The summed E-state index contributed by atoms with van der Waals surface area (Å²) in [4.78, 5) is 26.0. The van der Waals surface area contributed by atoms with Crippen LogP contribution >= 0.6 is 15.9 Å². The van der Waals surface area contributed by atoms with E-state index < -0.39 is 11.9 Å². The summed E-state index contributed by atoms with van der Waals surface area (Å²) >= 11 is 3.52. The van der Waals surface area contributed by atoms with Gasteiger partial charge in [-0.3, -0.25) is 4.79 Å². The quantitative estimate of drug-likeness (QED) is 0.672. The Balaban J connectivity index is 2.33. The van der Waals surface area contributed by atoms with E-state index in [2.05, 4.69) is 35.1 Å². The number of carbonyl (C=O) groups excluding carboxylic acids is 2. The van der Waals surface area contributed by atoms with E-state index in [0.29, 0.717) is 51.2 Å². The molecule has 1 heterocycles. The number of Topliss-reactive ketones (excluding diaryl/α,β-unsaturated/α-hetero) is 1. The van der Waals surface area contributed by atoms with Crippen LogP contribution in [0.5, 0.6) is 11.5 Å². The van der Waals surface area contributed by atoms with Crippen LogP contribution < -0.4 is 14.8 Å². The van der Waals surface area contributed by atoms with Crippen molar-refractivity contribution in [3.05, 3.63) is 44.7 Å². The van der Waals surface area contributed by atoms with E-state index >= 15 is 0 Å². The van der Waals surface area contributed by atoms with Gasteiger partial charge >= 0.3 is 5.97 Å². The molecule has 7 heteroatoms. The van der Waals surface area contributed by atoms with Crippen molar-refractivity contribution in [3.8, 4) is 11.5 Å². The summed E-state index contributed by atoms with van der Waals surface area (Å²) < 4.78 is 16.8. The van der Waals surface area contributed by atoms with Crippen molar-refractivity contribution in [2.75, 3.05) is 21.3 Å². The standard InChI is InChI=1S/C22H26BrNO5/c1-11-17(21(26)29-6)18(13-7-12(27-4)8-14(23)20(13)28-5)19-15(24-11)9-22(2,3)10-16(19)25/h7-8,18,24H,9-10H2,1-6H3/t18-/m0/s1. The molecule has 156 valence electrons. The van der Waals surface area contributed by atoms with Crippen molar-refractivity contribution in [1.29, 1.82) is 0 Å². The number of ketones is 1. The maximum absolute atomic E-state index is 13.3. The molecule has 0 saturated heterocycles. The van der Waals surface area contributed by atoms with E-state index in [9.17, 15) is 9.59 Å². The second-order valence-corrected chi connectivity index (χ2v) is 9.01. The topological polar surface area (TPSA) is 73.9 Å². The molecule has 29 heavy (non-hydrogen) atoms. The van der Waals surface area contributed by atoms with Crippen molar-refractivity contribution in [3.63, 3.8) is 0 Å². The number of hydrogen-bond donors (Lipinski definition) is 1. The molecular formula is C22H26BrNO5. The highest BCUT2D eigenvalue weighted by atomic mass is 79.9. The van der Waals surface area contributed by atoms with Crippen molar-refractivity contribution in [2.24, 2.45) is 5.41 Å². The van der Waals surface area contributed by atoms with Crippen molar-refractivity contribution in [2.45, 2.75) is 39.5 Å². The summed E-state index contributed by atoms with van der Waals surface area (Å²) in [5.41, 5.74) is 3.04. The first kappa shape index (κ1) is 21.4. The molecule has 0 fully saturated rings. The number of benzene rings is 1. The molecule has 1 N–H and O–H groups in total. The minimum Gasteiger partial charge on any atom is -0.497 e. The van der Waals surface area contributed by atoms with E-state index in [-0.39, 0.29) is 11.2 Å². The zero-order chi connectivity index (χ0) is 21.5. The highest BCUT2D eigenvalue weighted by Gasteiger charge is 2.44. The smallest absolute Gasteiger partial charge is 0.336 e. The van der Waals surface area contributed by atoms with Gasteiger partial charge in [0.1, 0.15) is 11.5 Å². The van der Waals surface area contributed by atoms with Gasteiger partial charge in [0.25, 0.3) is 0 Å². The number of esters is 1. The zero-order valence-corrected chi connectivity index (χ0v) is 19.2. The Hall–Kier alpha value is -2.28. The minimum absolute atomic E-state index is 0.0173. The molecule has 0 amide bonds. The molecule has 1 aromatic rings. The highest BCUT2D eigenvalue weighted by Crippen LogP contribution is 2.50. The summed E-state index contributed by atoms with van der Waals surface area (Å²) in [7, 11) is 4.47. The zero-order valence-electron chi connectivity index (χ0n) is 17.6. The van der Waals surface area contributed by atoms with Crippen LogP contribution in [0, 0.1) is 5.41 Å². The summed E-state index contributed by atoms with van der Waals surface area (Å²) in [6.45, 7) is 5.97. The summed E-state index contributed by atoms with van der Waals surface area (Å²) in [5, 5.41) is 3.30. The molecule has 2 aliphatic rings. The lowest BCUT2D eigenvalue weighted by molar-refractivity contribution is -0.136. The van der Waals surface area contributed by atoms with Crippen LogP contribution in [-0.4, -0.2) is 33.1 Å². The van der Waals surface area contributed by atoms with Crippen LogP contribution in [0.1, 0.15) is 45.1 Å². The van der Waals surface area contributed by atoms with Crippen LogP contribution in [0.2, 0.25) is 0 Å². The molecular weight excluding hydrogens is 438 g/mol. The monoisotopic (exact) mass is 463 g/mol. The first-order valence-corrected chi connectivity index (χ1v) is 10.2. The predicted molar refractivity (Wildman–Crippen MR) is 113 cm³/mol. The summed E-state index contributed by atoms with van der Waals surface area (Å²) in [6.07, 6.45) is 1.12. The van der Waals surface area contributed by atoms with Crippen molar-refractivity contribution < 1.29 is 23.8 Å². The Morgan fingerprint density at radius 2 is 1.86 bits per heavy atom. The average molecular weight is 464 g/mol. The second-order valence-electron chi connectivity index (χ2n) is 8.15. The van der Waals surface area contributed by atoms with Gasteiger partial charge in [-0.05, 0) is 46.8 Å². The number of allylic oxidation sites excluding steroid dienone is 3. The normalized spacial score (nSPS) is 20.8. The fourth-order valence-electron chi connectivity index (χ4n) is 4.26. The van der Waals surface area contributed by atoms with Gasteiger partial charge in [-0.25, -0.2) is 4.79 Å². The minimum atomic E-state index is -0.608. The molecule has 0 saturated carbocycles. The van der Waals surface area contributed by atoms with E-state index in [0.717, 1.165) is 5.70 Å². The van der Waals surface area contributed by atoms with Crippen molar-refractivity contribution >= 4 is 27.7 Å². The molecule has 0 aromatic heterocycles. The van der Waals surface area contributed by atoms with E-state index in [4.69, 9.17) is 14.2 Å². The lowest BCUT2D eigenvalue weighted by Gasteiger charge is -2.39. The van der Waals surface area contributed by atoms with Gasteiger partial charge in [-0.15, -0.1) is 0 Å². The number of nitrogens with one attached hydrogen (secondary N) is 1. The largest absolute Gasteiger partial charge is 0.497 e. The lowest BCUT2D eigenvalue weighted by Crippen LogP contribution is -2.38. The Kier molecular flexibility index (Phi) is 5.81. The molecule has 3 rings (SSSR count). The predicted octanol–water partition coefficient (Wildman–Crippen LogP) is 4.24. The first-order chi connectivity index (χ1) is 13.6. The Morgan fingerprint density at radius 3 is 2.45 bits per heavy atom. The Labute approximate surface area is 179 Å². The van der Waals surface area contributed by atoms with E-state index in [1.165, 1.54) is 7.11 Å². The molecule has 6 nitrogen and oxygen atoms in total. The van der Waals surface area contributed by atoms with Crippen molar-refractivity contribution in [1.82, 2.24) is 5.32 Å². The highest BCUT2D eigenvalue weighted by molar-refractivity contribution is 9.10. The van der Waals surface area contributed by atoms with Crippen LogP contribution in [0.15, 0.2) is 39.1 Å². The van der Waals surface area contributed by atoms with Gasteiger partial charge in [0.15, 0.2) is 5.78 Å². The number of methoxy groups -OCH3 is 3. The number of halogens is 1. The Morgan fingerprint density at radius 1 is 1.17 bits per heavy atom. The average Bonchev–Trinajstić information content (AvgIpc) is 2.64. The van der Waals surface area contributed by atoms with Gasteiger partial charge in [0, 0.05) is 29.0 Å². The third-order valence-corrected chi connectivity index (χ3v) is 6.03. The summed E-state index contributed by atoms with van der Waals surface area (Å²) in [5.74, 6) is 0.0766. The third kappa shape index (κ3) is 3.80. The molecule has 1 aliphatic heterocycles. The SMILES string of the molecule is COC(=O)C1=C(C)NC2=C(C(=O)CC(C)(C)C2)[C@H]1c1cc(OC)cc(Br)c1OC. The maximum Gasteiger partial charge on any atom is 0.336 e. The third-order valence-electron chi connectivity index (χ3n) is 5.44. The van der Waals surface area contributed by atoms with Gasteiger partial charge < -0.3 is 19.5 Å². The number of hydrogen-bond acceptors (Lipinski definition) is 6. The van der Waals surface area contributed by atoms with Crippen LogP contribution in [0.25, 0.3) is 0 Å². The van der Waals surface area contributed by atoms with Crippen LogP contribution in [0.4, 0.5) is 0 Å². The van der Waals surface area contributed by atoms with Gasteiger partial charge in [-0.2, -0.15) is 0 Å². The fourth-order valence-corrected chi connectivity index (χ4v) is 4.88. The second kappa shape index (κ2) is 7.86. The maximum atomic E-state index is 13.3. The molecule has 1 aliphatic carbocycles. The van der Waals surface area contributed by atoms with Gasteiger partial charge in [0.2, 0.25) is 0 Å². The molecule has 0 spiro atoms. The molecule has 1 aromatic carbocycles. The molecule has 0 unspecified atom stereocenters. The fraction of sp³-hybridized carbons (Fsp3) is 0.455. The number of dihydropyridines is 1. The first-order valence-electron chi connectivity index (χ1n) is 9.37. The molecule has 1 atom stereocenters. The van der Waals surface area contributed by atoms with E-state index in [1.807, 2.05) is 13.0 Å². The lowest BCUT2D eigenvalue weighted by atomic mass is 9.68.